The maximum atomic E-state index is 12.7. The normalized spacial score (nSPS) is 16.3. The highest BCUT2D eigenvalue weighted by molar-refractivity contribution is 5.77. The highest BCUT2D eigenvalue weighted by Crippen LogP contribution is 2.35. The number of ether oxygens (including phenoxy) is 3. The van der Waals surface area contributed by atoms with Crippen LogP contribution in [0.4, 0.5) is 0 Å². The number of likely N-dealkylation sites (tertiary alicyclic amines) is 1. The number of nitrogens with zero attached hydrogens (tertiary/aromatic N) is 4. The summed E-state index contributed by atoms with van der Waals surface area (Å²) in [5.74, 6) is 2.55. The second-order valence-corrected chi connectivity index (χ2v) is 8.33. The van der Waals surface area contributed by atoms with E-state index in [1.165, 1.54) is 11.3 Å². The van der Waals surface area contributed by atoms with Crippen LogP contribution in [0.3, 0.4) is 0 Å². The zero-order valence-corrected chi connectivity index (χ0v) is 18.8. The lowest BCUT2D eigenvalue weighted by atomic mass is 9.89. The predicted octanol–water partition coefficient (Wildman–Crippen LogP) is 3.13. The summed E-state index contributed by atoms with van der Waals surface area (Å²) in [7, 11) is 1.62. The third-order valence-corrected chi connectivity index (χ3v) is 6.36. The minimum atomic E-state index is 0.00728. The number of rotatable bonds is 6. The maximum Gasteiger partial charge on any atom is 0.260 e. The number of benzene rings is 1. The van der Waals surface area contributed by atoms with Crippen molar-refractivity contribution in [2.75, 3.05) is 33.4 Å². The predicted molar refractivity (Wildman–Crippen MR) is 122 cm³/mol. The number of pyridine rings is 1. The maximum absolute atomic E-state index is 12.7. The average molecular weight is 449 g/mol. The van der Waals surface area contributed by atoms with Gasteiger partial charge in [0.1, 0.15) is 11.5 Å². The molecule has 0 saturated carbocycles. The largest absolute Gasteiger partial charge is 0.497 e. The minimum absolute atomic E-state index is 0.00728. The van der Waals surface area contributed by atoms with E-state index < -0.39 is 0 Å². The molecule has 0 unspecified atom stereocenters. The summed E-state index contributed by atoms with van der Waals surface area (Å²) in [4.78, 5) is 19.2. The molecule has 0 aliphatic carbocycles. The molecule has 1 saturated heterocycles. The Balaban J connectivity index is 1.25. The first-order valence-corrected chi connectivity index (χ1v) is 11.4. The van der Waals surface area contributed by atoms with Crippen molar-refractivity contribution in [1.29, 1.82) is 0 Å². The monoisotopic (exact) mass is 448 g/mol. The topological polar surface area (TPSA) is 78.7 Å². The van der Waals surface area contributed by atoms with E-state index in [0.29, 0.717) is 38.0 Å². The smallest absolute Gasteiger partial charge is 0.260 e. The van der Waals surface area contributed by atoms with Crippen LogP contribution < -0.4 is 9.47 Å². The summed E-state index contributed by atoms with van der Waals surface area (Å²) >= 11 is 0. The number of fused-ring (bicyclic) bond motifs is 1. The Labute approximate surface area is 193 Å². The molecule has 172 valence electrons. The van der Waals surface area contributed by atoms with Crippen molar-refractivity contribution in [1.82, 2.24) is 19.7 Å². The molecule has 3 aromatic rings. The van der Waals surface area contributed by atoms with Crippen LogP contribution in [-0.4, -0.2) is 59.0 Å². The van der Waals surface area contributed by atoms with Crippen molar-refractivity contribution < 1.29 is 19.0 Å². The second-order valence-electron chi connectivity index (χ2n) is 8.33. The lowest BCUT2D eigenvalue weighted by Gasteiger charge is -2.33. The molecule has 2 aliphatic rings. The molecule has 2 aliphatic heterocycles. The average Bonchev–Trinajstić information content (AvgIpc) is 3.28. The molecule has 0 radical (unpaired) electrons. The van der Waals surface area contributed by atoms with Crippen molar-refractivity contribution in [3.8, 4) is 17.3 Å². The first-order chi connectivity index (χ1) is 16.2. The third kappa shape index (κ3) is 4.57. The van der Waals surface area contributed by atoms with Crippen LogP contribution in [-0.2, 0) is 22.6 Å². The Hall–Kier alpha value is -3.39. The number of carbonyl (C=O) groups is 1. The zero-order valence-electron chi connectivity index (χ0n) is 18.8. The molecule has 33 heavy (non-hydrogen) atoms. The summed E-state index contributed by atoms with van der Waals surface area (Å²) in [5.41, 5.74) is 3.48. The molecular formula is C25H28N4O4. The summed E-state index contributed by atoms with van der Waals surface area (Å²) < 4.78 is 18.6. The highest BCUT2D eigenvalue weighted by Gasteiger charge is 2.31. The first kappa shape index (κ1) is 21.5. The van der Waals surface area contributed by atoms with Gasteiger partial charge in [0.05, 0.1) is 31.7 Å². The molecule has 1 amide bonds. The van der Waals surface area contributed by atoms with E-state index in [9.17, 15) is 4.79 Å². The zero-order chi connectivity index (χ0) is 22.6. The Morgan fingerprint density at radius 2 is 1.91 bits per heavy atom. The molecule has 1 fully saturated rings. The van der Waals surface area contributed by atoms with Crippen molar-refractivity contribution >= 4 is 5.91 Å². The van der Waals surface area contributed by atoms with Gasteiger partial charge in [-0.2, -0.15) is 5.10 Å². The van der Waals surface area contributed by atoms with Gasteiger partial charge >= 0.3 is 0 Å². The van der Waals surface area contributed by atoms with Gasteiger partial charge in [0.25, 0.3) is 5.91 Å². The number of hydrogen-bond donors (Lipinski definition) is 0. The van der Waals surface area contributed by atoms with E-state index in [-0.39, 0.29) is 12.5 Å². The van der Waals surface area contributed by atoms with Gasteiger partial charge in [-0.3, -0.25) is 4.79 Å². The fourth-order valence-electron chi connectivity index (χ4n) is 4.60. The third-order valence-electron chi connectivity index (χ3n) is 6.36. The Morgan fingerprint density at radius 1 is 1.12 bits per heavy atom. The quantitative estimate of drug-likeness (QED) is 0.577. The second kappa shape index (κ2) is 9.62. The fraction of sp³-hybridized carbons (Fsp3) is 0.400. The van der Waals surface area contributed by atoms with Gasteiger partial charge in [0, 0.05) is 37.2 Å². The van der Waals surface area contributed by atoms with Crippen LogP contribution in [0, 0.1) is 0 Å². The standard InChI is InChI=1S/C25H28N4O4/c1-31-19-5-7-20(8-6-19)33-17-24(30)28-13-9-18(10-14-28)25-21-16-32-15-11-22(21)27-29(25)23-4-2-3-12-26-23/h2-8,12,18H,9-11,13-17H2,1H3. The van der Waals surface area contributed by atoms with Gasteiger partial charge in [-0.15, -0.1) is 0 Å². The van der Waals surface area contributed by atoms with Crippen molar-refractivity contribution in [3.05, 3.63) is 65.6 Å². The molecule has 8 nitrogen and oxygen atoms in total. The summed E-state index contributed by atoms with van der Waals surface area (Å²) in [6.07, 6.45) is 4.36. The summed E-state index contributed by atoms with van der Waals surface area (Å²) in [5, 5.41) is 4.89. The molecule has 0 bridgehead atoms. The lowest BCUT2D eigenvalue weighted by Crippen LogP contribution is -2.41. The molecule has 0 N–H and O–H groups in total. The van der Waals surface area contributed by atoms with Gasteiger partial charge in [-0.1, -0.05) is 6.07 Å². The Bertz CT molecular complexity index is 1090. The van der Waals surface area contributed by atoms with E-state index in [2.05, 4.69) is 4.98 Å². The van der Waals surface area contributed by atoms with Crippen LogP contribution in [0.1, 0.15) is 35.7 Å². The molecule has 0 atom stereocenters. The van der Waals surface area contributed by atoms with Crippen molar-refractivity contribution in [2.45, 2.75) is 31.8 Å². The number of carbonyl (C=O) groups excluding carboxylic acids is 1. The number of piperidine rings is 1. The SMILES string of the molecule is COc1ccc(OCC(=O)N2CCC(c3c4c(nn3-c3ccccn3)CCOC4)CC2)cc1. The van der Waals surface area contributed by atoms with Crippen LogP contribution in [0.2, 0.25) is 0 Å². The van der Waals surface area contributed by atoms with Crippen LogP contribution in [0.25, 0.3) is 5.82 Å². The van der Waals surface area contributed by atoms with E-state index >= 15 is 0 Å². The first-order valence-electron chi connectivity index (χ1n) is 11.4. The van der Waals surface area contributed by atoms with E-state index in [4.69, 9.17) is 19.3 Å². The van der Waals surface area contributed by atoms with Crippen LogP contribution in [0.15, 0.2) is 48.7 Å². The molecular weight excluding hydrogens is 420 g/mol. The van der Waals surface area contributed by atoms with Gasteiger partial charge in [0.15, 0.2) is 12.4 Å². The molecule has 5 rings (SSSR count). The Kier molecular flexibility index (Phi) is 6.26. The van der Waals surface area contributed by atoms with Gasteiger partial charge in [0.2, 0.25) is 0 Å². The van der Waals surface area contributed by atoms with Gasteiger partial charge in [-0.25, -0.2) is 9.67 Å². The van der Waals surface area contributed by atoms with E-state index in [1.54, 1.807) is 13.3 Å². The molecule has 4 heterocycles. The van der Waals surface area contributed by atoms with Crippen LogP contribution in [0.5, 0.6) is 11.5 Å². The summed E-state index contributed by atoms with van der Waals surface area (Å²) in [6, 6.07) is 13.1. The fourth-order valence-corrected chi connectivity index (χ4v) is 4.60. The molecule has 8 heteroatoms. The number of hydrogen-bond acceptors (Lipinski definition) is 6. The molecule has 0 spiro atoms. The van der Waals surface area contributed by atoms with Gasteiger partial charge < -0.3 is 19.1 Å². The lowest BCUT2D eigenvalue weighted by molar-refractivity contribution is -0.134. The van der Waals surface area contributed by atoms with Gasteiger partial charge in [-0.05, 0) is 49.2 Å². The highest BCUT2D eigenvalue weighted by atomic mass is 16.5. The number of aromatic nitrogens is 3. The molecule has 1 aromatic carbocycles. The Morgan fingerprint density at radius 3 is 2.64 bits per heavy atom. The van der Waals surface area contributed by atoms with Crippen molar-refractivity contribution in [3.63, 3.8) is 0 Å². The molecule has 2 aromatic heterocycles. The minimum Gasteiger partial charge on any atom is -0.497 e. The van der Waals surface area contributed by atoms with E-state index in [1.807, 2.05) is 52.0 Å². The number of amides is 1. The van der Waals surface area contributed by atoms with Crippen LogP contribution >= 0.6 is 0 Å². The number of methoxy groups -OCH3 is 1. The van der Waals surface area contributed by atoms with Crippen molar-refractivity contribution in [2.24, 2.45) is 0 Å². The van der Waals surface area contributed by atoms with E-state index in [0.717, 1.165) is 36.5 Å². The summed E-state index contributed by atoms with van der Waals surface area (Å²) in [6.45, 7) is 2.71.